The van der Waals surface area contributed by atoms with Gasteiger partial charge in [0, 0.05) is 17.5 Å². The zero-order valence-electron chi connectivity index (χ0n) is 14.3. The monoisotopic (exact) mass is 347 g/mol. The van der Waals surface area contributed by atoms with Crippen LogP contribution < -0.4 is 16.0 Å². The Morgan fingerprint density at radius 1 is 1.28 bits per heavy atom. The van der Waals surface area contributed by atoms with Crippen molar-refractivity contribution in [2.24, 2.45) is 0 Å². The van der Waals surface area contributed by atoms with E-state index < -0.39 is 29.0 Å². The number of benzene rings is 1. The second kappa shape index (κ2) is 6.54. The van der Waals surface area contributed by atoms with E-state index in [1.54, 1.807) is 39.0 Å². The molecule has 1 atom stereocenters. The maximum absolute atomic E-state index is 12.5. The number of amides is 4. The molecule has 0 radical (unpaired) electrons. The lowest BCUT2D eigenvalue weighted by molar-refractivity contribution is -0.137. The first-order valence-corrected chi connectivity index (χ1v) is 7.82. The van der Waals surface area contributed by atoms with Crippen LogP contribution in [0.4, 0.5) is 4.79 Å². The molecule has 0 aliphatic carbocycles. The van der Waals surface area contributed by atoms with Crippen LogP contribution in [0.5, 0.6) is 0 Å². The molecule has 25 heavy (non-hydrogen) atoms. The van der Waals surface area contributed by atoms with Crippen LogP contribution in [0.2, 0.25) is 0 Å². The summed E-state index contributed by atoms with van der Waals surface area (Å²) in [7, 11) is 0. The van der Waals surface area contributed by atoms with E-state index in [2.05, 4.69) is 16.0 Å². The van der Waals surface area contributed by atoms with Crippen molar-refractivity contribution in [2.45, 2.75) is 44.7 Å². The van der Waals surface area contributed by atoms with Gasteiger partial charge in [0.1, 0.15) is 5.54 Å². The predicted octanol–water partition coefficient (Wildman–Crippen LogP) is 1.11. The third-order valence-corrected chi connectivity index (χ3v) is 4.16. The number of carboxylic acids is 1. The molecule has 1 aromatic rings. The summed E-state index contributed by atoms with van der Waals surface area (Å²) < 4.78 is 0. The first-order valence-electron chi connectivity index (χ1n) is 7.82. The molecule has 8 heteroatoms. The van der Waals surface area contributed by atoms with Crippen LogP contribution in [0.15, 0.2) is 24.3 Å². The third kappa shape index (κ3) is 4.14. The molecule has 0 aromatic heterocycles. The molecular formula is C17H21N3O5. The Bertz CT molecular complexity index is 744. The summed E-state index contributed by atoms with van der Waals surface area (Å²) in [4.78, 5) is 46.6. The number of hydrogen-bond donors (Lipinski definition) is 4. The molecule has 4 N–H and O–H groups in total. The number of carboxylic acid groups (broad SMARTS) is 1. The lowest BCUT2D eigenvalue weighted by Crippen LogP contribution is -2.44. The molecule has 1 fully saturated rings. The number of urea groups is 1. The molecule has 2 rings (SSSR count). The number of rotatable bonds is 6. The van der Waals surface area contributed by atoms with Crippen molar-refractivity contribution in [3.63, 3.8) is 0 Å². The Labute approximate surface area is 145 Å². The Kier molecular flexibility index (Phi) is 4.82. The van der Waals surface area contributed by atoms with Gasteiger partial charge < -0.3 is 15.7 Å². The first kappa shape index (κ1) is 18.4. The van der Waals surface area contributed by atoms with E-state index in [-0.39, 0.29) is 18.7 Å². The second-order valence-electron chi connectivity index (χ2n) is 6.85. The maximum Gasteiger partial charge on any atom is 0.322 e. The fourth-order valence-corrected chi connectivity index (χ4v) is 2.58. The van der Waals surface area contributed by atoms with E-state index in [1.807, 2.05) is 0 Å². The topological polar surface area (TPSA) is 125 Å². The van der Waals surface area contributed by atoms with Crippen LogP contribution in [-0.2, 0) is 15.1 Å². The minimum atomic E-state index is -1.24. The van der Waals surface area contributed by atoms with Crippen LogP contribution in [0.1, 0.15) is 49.5 Å². The summed E-state index contributed by atoms with van der Waals surface area (Å²) in [6.07, 6.45) is 0.224. The highest BCUT2D eigenvalue weighted by atomic mass is 16.4. The zero-order valence-corrected chi connectivity index (χ0v) is 14.3. The van der Waals surface area contributed by atoms with E-state index >= 15 is 0 Å². The second-order valence-corrected chi connectivity index (χ2v) is 6.85. The Balaban J connectivity index is 2.18. The molecule has 0 spiro atoms. The highest BCUT2D eigenvalue weighted by molar-refractivity contribution is 6.07. The van der Waals surface area contributed by atoms with E-state index in [0.29, 0.717) is 11.1 Å². The first-order chi connectivity index (χ1) is 11.5. The summed E-state index contributed by atoms with van der Waals surface area (Å²) in [5.41, 5.74) is -1.15. The van der Waals surface area contributed by atoms with Crippen molar-refractivity contribution >= 4 is 23.8 Å². The van der Waals surface area contributed by atoms with Crippen molar-refractivity contribution < 1.29 is 24.3 Å². The smallest absolute Gasteiger partial charge is 0.322 e. The Morgan fingerprint density at radius 2 is 1.96 bits per heavy atom. The molecule has 1 aliphatic heterocycles. The number of carbonyl (C=O) groups excluding carboxylic acids is 3. The lowest BCUT2D eigenvalue weighted by atomic mass is 9.90. The van der Waals surface area contributed by atoms with Crippen molar-refractivity contribution in [3.8, 4) is 0 Å². The number of imide groups is 1. The summed E-state index contributed by atoms with van der Waals surface area (Å²) in [6.45, 7) is 5.04. The average Bonchev–Trinajstić information content (AvgIpc) is 2.79. The quantitative estimate of drug-likeness (QED) is 0.574. The van der Waals surface area contributed by atoms with Gasteiger partial charge in [-0.25, -0.2) is 4.79 Å². The van der Waals surface area contributed by atoms with Crippen LogP contribution >= 0.6 is 0 Å². The number of nitrogens with one attached hydrogen (secondary N) is 3. The minimum Gasteiger partial charge on any atom is -0.481 e. The molecule has 1 aromatic carbocycles. The lowest BCUT2D eigenvalue weighted by Gasteiger charge is -2.26. The van der Waals surface area contributed by atoms with Gasteiger partial charge in [-0.1, -0.05) is 12.1 Å². The van der Waals surface area contributed by atoms with Gasteiger partial charge in [-0.2, -0.15) is 0 Å². The highest BCUT2D eigenvalue weighted by Gasteiger charge is 2.43. The van der Waals surface area contributed by atoms with Crippen LogP contribution in [-0.4, -0.2) is 34.5 Å². The van der Waals surface area contributed by atoms with Crippen LogP contribution in [0.25, 0.3) is 0 Å². The van der Waals surface area contributed by atoms with Gasteiger partial charge in [-0.3, -0.25) is 19.7 Å². The largest absolute Gasteiger partial charge is 0.481 e. The van der Waals surface area contributed by atoms with E-state index in [0.717, 1.165) is 0 Å². The number of hydrogen-bond acceptors (Lipinski definition) is 4. The molecule has 8 nitrogen and oxygen atoms in total. The van der Waals surface area contributed by atoms with Crippen molar-refractivity contribution in [2.75, 3.05) is 0 Å². The molecule has 134 valence electrons. The van der Waals surface area contributed by atoms with E-state index in [1.165, 1.54) is 6.07 Å². The van der Waals surface area contributed by atoms with Gasteiger partial charge in [0.05, 0.1) is 0 Å². The summed E-state index contributed by atoms with van der Waals surface area (Å²) >= 11 is 0. The van der Waals surface area contributed by atoms with E-state index in [4.69, 9.17) is 5.11 Å². The SMILES string of the molecule is CC(C)(CCC(=O)O)NC(=O)c1cccc(C2(C)NC(=O)NC2=O)c1. The van der Waals surface area contributed by atoms with Gasteiger partial charge in [0.25, 0.3) is 11.8 Å². The van der Waals surface area contributed by atoms with Gasteiger partial charge in [-0.05, 0) is 44.9 Å². The fourth-order valence-electron chi connectivity index (χ4n) is 2.58. The van der Waals surface area contributed by atoms with Gasteiger partial charge in [-0.15, -0.1) is 0 Å². The Morgan fingerprint density at radius 3 is 2.52 bits per heavy atom. The summed E-state index contributed by atoms with van der Waals surface area (Å²) in [5, 5.41) is 16.3. The van der Waals surface area contributed by atoms with Crippen molar-refractivity contribution in [1.29, 1.82) is 0 Å². The molecule has 1 aliphatic rings. The van der Waals surface area contributed by atoms with Crippen LogP contribution in [0, 0.1) is 0 Å². The third-order valence-electron chi connectivity index (χ3n) is 4.16. The molecule has 1 unspecified atom stereocenters. The standard InChI is InChI=1S/C17H21N3O5/c1-16(2,8-7-12(21)22)19-13(23)10-5-4-6-11(9-10)17(3)14(24)18-15(25)20-17/h4-6,9H,7-8H2,1-3H3,(H,19,23)(H,21,22)(H2,18,20,24,25). The summed E-state index contributed by atoms with van der Waals surface area (Å²) in [6, 6.07) is 5.81. The molecule has 4 amide bonds. The zero-order chi connectivity index (χ0) is 18.8. The van der Waals surface area contributed by atoms with Crippen molar-refractivity contribution in [1.82, 2.24) is 16.0 Å². The van der Waals surface area contributed by atoms with Gasteiger partial charge in [0.15, 0.2) is 0 Å². The average molecular weight is 347 g/mol. The summed E-state index contributed by atoms with van der Waals surface area (Å²) in [5.74, 6) is -1.80. The van der Waals surface area contributed by atoms with Gasteiger partial charge >= 0.3 is 12.0 Å². The minimum absolute atomic E-state index is 0.0579. The molecule has 0 bridgehead atoms. The number of carbonyl (C=O) groups is 4. The Hall–Kier alpha value is -2.90. The normalized spacial score (nSPS) is 20.0. The molecule has 1 saturated heterocycles. The predicted molar refractivity (Wildman–Crippen MR) is 88.9 cm³/mol. The molecule has 0 saturated carbocycles. The maximum atomic E-state index is 12.5. The molecular weight excluding hydrogens is 326 g/mol. The highest BCUT2D eigenvalue weighted by Crippen LogP contribution is 2.25. The van der Waals surface area contributed by atoms with Crippen molar-refractivity contribution in [3.05, 3.63) is 35.4 Å². The number of aliphatic carboxylic acids is 1. The van der Waals surface area contributed by atoms with E-state index in [9.17, 15) is 19.2 Å². The fraction of sp³-hybridized carbons (Fsp3) is 0.412. The van der Waals surface area contributed by atoms with Gasteiger partial charge in [0.2, 0.25) is 0 Å². The van der Waals surface area contributed by atoms with Crippen LogP contribution in [0.3, 0.4) is 0 Å². The molecule has 1 heterocycles.